The number of aliphatic hydroxyl groups is 3. The number of furan rings is 1. The number of aliphatic hydroxyl groups excluding tert-OH is 3. The summed E-state index contributed by atoms with van der Waals surface area (Å²) in [6.45, 7) is 1.50. The molecule has 3 N–H and O–H groups in total. The molecule has 1 heterocycles. The number of aliphatic imine (C=N–C) groups is 1. The molecule has 1 aromatic rings. The fourth-order valence-electron chi connectivity index (χ4n) is 2.05. The largest absolute Gasteiger partial charge is 0.463 e. The molecule has 1 aromatic heterocycles. The molecule has 0 amide bonds. The van der Waals surface area contributed by atoms with Crippen LogP contribution in [0.15, 0.2) is 39.5 Å². The summed E-state index contributed by atoms with van der Waals surface area (Å²) in [5, 5.41) is 29.0. The van der Waals surface area contributed by atoms with Gasteiger partial charge in [0.2, 0.25) is 0 Å². The molecular formula is C13H17NO4. The minimum atomic E-state index is -0.819. The van der Waals surface area contributed by atoms with Gasteiger partial charge in [-0.25, -0.2) is 0 Å². The minimum Gasteiger partial charge on any atom is -0.463 e. The van der Waals surface area contributed by atoms with E-state index in [0.717, 1.165) is 0 Å². The summed E-state index contributed by atoms with van der Waals surface area (Å²) >= 11 is 0. The van der Waals surface area contributed by atoms with Crippen molar-refractivity contribution >= 4 is 6.21 Å². The van der Waals surface area contributed by atoms with Crippen LogP contribution < -0.4 is 0 Å². The lowest BCUT2D eigenvalue weighted by Gasteiger charge is -2.33. The average molecular weight is 251 g/mol. The van der Waals surface area contributed by atoms with Gasteiger partial charge in [-0.05, 0) is 17.7 Å². The molecule has 18 heavy (non-hydrogen) atoms. The van der Waals surface area contributed by atoms with Crippen LogP contribution in [0.2, 0.25) is 0 Å². The Labute approximate surface area is 105 Å². The lowest BCUT2D eigenvalue weighted by atomic mass is 9.82. The quantitative estimate of drug-likeness (QED) is 0.534. The van der Waals surface area contributed by atoms with Gasteiger partial charge in [-0.3, -0.25) is 4.99 Å². The highest BCUT2D eigenvalue weighted by atomic mass is 16.3. The third kappa shape index (κ3) is 2.53. The zero-order chi connectivity index (χ0) is 13.1. The third-order valence-electron chi connectivity index (χ3n) is 3.25. The Bertz CT molecular complexity index is 438. The van der Waals surface area contributed by atoms with E-state index in [1.165, 1.54) is 6.21 Å². The molecule has 0 saturated carbocycles. The molecule has 4 atom stereocenters. The van der Waals surface area contributed by atoms with Crippen molar-refractivity contribution < 1.29 is 19.7 Å². The first-order valence-electron chi connectivity index (χ1n) is 5.87. The molecule has 0 spiro atoms. The van der Waals surface area contributed by atoms with E-state index < -0.39 is 18.2 Å². The molecule has 0 radical (unpaired) electrons. The van der Waals surface area contributed by atoms with Crippen LogP contribution in [0.25, 0.3) is 0 Å². The molecule has 2 rings (SSSR count). The first-order valence-corrected chi connectivity index (χ1v) is 5.87. The van der Waals surface area contributed by atoms with Gasteiger partial charge in [0.25, 0.3) is 0 Å². The van der Waals surface area contributed by atoms with E-state index in [9.17, 15) is 10.2 Å². The second-order valence-corrected chi connectivity index (χ2v) is 4.48. The molecule has 1 aliphatic carbocycles. The lowest BCUT2D eigenvalue weighted by Crippen LogP contribution is -2.42. The van der Waals surface area contributed by atoms with E-state index >= 15 is 0 Å². The number of hydrogen-bond donors (Lipinski definition) is 3. The van der Waals surface area contributed by atoms with Gasteiger partial charge in [0.1, 0.15) is 5.76 Å². The molecule has 1 aliphatic rings. The molecule has 98 valence electrons. The highest BCUT2D eigenvalue weighted by Gasteiger charge is 2.34. The Balaban J connectivity index is 2.18. The van der Waals surface area contributed by atoms with Gasteiger partial charge in [-0.15, -0.1) is 0 Å². The van der Waals surface area contributed by atoms with Crippen LogP contribution in [0.1, 0.15) is 12.7 Å². The standard InChI is InChI=1S/C13H17NO4/c1-8-12(16)9(7-15)5-11(13(8)17)14-6-10-3-2-4-18-10/h2-6,8,11-13,15-17H,7H2,1H3/t8?,11-,12-,13+/m0/s1. The number of nitrogens with zero attached hydrogens (tertiary/aromatic N) is 1. The van der Waals surface area contributed by atoms with Crippen LogP contribution in [0.5, 0.6) is 0 Å². The molecule has 0 bridgehead atoms. The number of hydrogen-bond acceptors (Lipinski definition) is 5. The lowest BCUT2D eigenvalue weighted by molar-refractivity contribution is 0.0179. The summed E-state index contributed by atoms with van der Waals surface area (Å²) in [6, 6.07) is 3.03. The molecule has 0 fully saturated rings. The van der Waals surface area contributed by atoms with Gasteiger partial charge in [0.15, 0.2) is 0 Å². The highest BCUT2D eigenvalue weighted by Crippen LogP contribution is 2.26. The fraction of sp³-hybridized carbons (Fsp3) is 0.462. The topological polar surface area (TPSA) is 86.2 Å². The van der Waals surface area contributed by atoms with E-state index in [0.29, 0.717) is 11.3 Å². The van der Waals surface area contributed by atoms with E-state index in [1.54, 1.807) is 31.4 Å². The van der Waals surface area contributed by atoms with Crippen LogP contribution in [-0.4, -0.2) is 46.4 Å². The van der Waals surface area contributed by atoms with Crippen molar-refractivity contribution in [3.63, 3.8) is 0 Å². The van der Waals surface area contributed by atoms with Crippen molar-refractivity contribution in [3.8, 4) is 0 Å². The molecule has 5 nitrogen and oxygen atoms in total. The monoisotopic (exact) mass is 251 g/mol. The molecule has 0 aromatic carbocycles. The van der Waals surface area contributed by atoms with E-state index in [-0.39, 0.29) is 12.5 Å². The summed E-state index contributed by atoms with van der Waals surface area (Å²) in [4.78, 5) is 4.22. The average Bonchev–Trinajstić information content (AvgIpc) is 2.88. The summed E-state index contributed by atoms with van der Waals surface area (Å²) in [5.41, 5.74) is 0.495. The summed E-state index contributed by atoms with van der Waals surface area (Å²) in [6.07, 6.45) is 3.08. The predicted molar refractivity (Wildman–Crippen MR) is 66.4 cm³/mol. The maximum Gasteiger partial charge on any atom is 0.144 e. The van der Waals surface area contributed by atoms with Crippen LogP contribution in [0.3, 0.4) is 0 Å². The van der Waals surface area contributed by atoms with E-state index in [4.69, 9.17) is 9.52 Å². The van der Waals surface area contributed by atoms with Gasteiger partial charge in [-0.1, -0.05) is 13.0 Å². The summed E-state index contributed by atoms with van der Waals surface area (Å²) in [7, 11) is 0. The molecular weight excluding hydrogens is 234 g/mol. The Hall–Kier alpha value is -1.43. The maximum atomic E-state index is 10.0. The smallest absolute Gasteiger partial charge is 0.144 e. The maximum absolute atomic E-state index is 10.0. The van der Waals surface area contributed by atoms with Gasteiger partial charge < -0.3 is 19.7 Å². The summed E-state index contributed by atoms with van der Waals surface area (Å²) in [5.74, 6) is 0.232. The van der Waals surface area contributed by atoms with Crippen molar-refractivity contribution in [2.45, 2.75) is 25.2 Å². The van der Waals surface area contributed by atoms with Crippen LogP contribution in [0.4, 0.5) is 0 Å². The Morgan fingerprint density at radius 1 is 1.44 bits per heavy atom. The molecule has 5 heteroatoms. The Morgan fingerprint density at radius 3 is 2.83 bits per heavy atom. The molecule has 1 unspecified atom stereocenters. The second kappa shape index (κ2) is 5.48. The second-order valence-electron chi connectivity index (χ2n) is 4.48. The minimum absolute atomic E-state index is 0.231. The zero-order valence-corrected chi connectivity index (χ0v) is 10.1. The first kappa shape index (κ1) is 13.0. The normalized spacial score (nSPS) is 32.8. The van der Waals surface area contributed by atoms with Crippen LogP contribution >= 0.6 is 0 Å². The Kier molecular flexibility index (Phi) is 3.96. The first-order chi connectivity index (χ1) is 8.63. The Morgan fingerprint density at radius 2 is 2.22 bits per heavy atom. The van der Waals surface area contributed by atoms with Crippen molar-refractivity contribution in [1.29, 1.82) is 0 Å². The molecule has 0 aliphatic heterocycles. The highest BCUT2D eigenvalue weighted by molar-refractivity contribution is 5.76. The van der Waals surface area contributed by atoms with Crippen molar-refractivity contribution in [3.05, 3.63) is 35.8 Å². The van der Waals surface area contributed by atoms with Crippen molar-refractivity contribution in [2.75, 3.05) is 6.61 Å². The van der Waals surface area contributed by atoms with Gasteiger partial charge in [-0.2, -0.15) is 0 Å². The molecule has 0 saturated heterocycles. The third-order valence-corrected chi connectivity index (χ3v) is 3.25. The summed E-state index contributed by atoms with van der Waals surface area (Å²) < 4.78 is 5.11. The van der Waals surface area contributed by atoms with Gasteiger partial charge in [0.05, 0.1) is 37.3 Å². The van der Waals surface area contributed by atoms with Crippen LogP contribution in [0, 0.1) is 5.92 Å². The SMILES string of the molecule is CC1[C@H](O)C(CO)=C[C@H](N=Cc2ccco2)[C@@H]1O. The zero-order valence-electron chi connectivity index (χ0n) is 10.1. The van der Waals surface area contributed by atoms with E-state index in [2.05, 4.69) is 4.99 Å². The van der Waals surface area contributed by atoms with Gasteiger partial charge in [0, 0.05) is 5.92 Å². The fourth-order valence-corrected chi connectivity index (χ4v) is 2.05. The van der Waals surface area contributed by atoms with Crippen molar-refractivity contribution in [1.82, 2.24) is 0 Å². The van der Waals surface area contributed by atoms with Crippen LogP contribution in [-0.2, 0) is 0 Å². The van der Waals surface area contributed by atoms with E-state index in [1.807, 2.05) is 0 Å². The number of rotatable bonds is 3. The van der Waals surface area contributed by atoms with Crippen molar-refractivity contribution in [2.24, 2.45) is 10.9 Å². The van der Waals surface area contributed by atoms with Gasteiger partial charge >= 0.3 is 0 Å². The predicted octanol–water partition coefficient (Wildman–Crippen LogP) is 0.357.